The van der Waals surface area contributed by atoms with Gasteiger partial charge in [-0.3, -0.25) is 9.59 Å². The normalized spacial score (nSPS) is 32.8. The van der Waals surface area contributed by atoms with E-state index in [0.29, 0.717) is 12.3 Å². The fourth-order valence-corrected chi connectivity index (χ4v) is 5.24. The molecule has 3 aliphatic rings. The number of nitrogens with zero attached hydrogens (tertiary/aromatic N) is 1. The lowest BCUT2D eigenvalue weighted by atomic mass is 9.56. The predicted octanol–water partition coefficient (Wildman–Crippen LogP) is 2.34. The second-order valence-corrected chi connectivity index (χ2v) is 8.61. The van der Waals surface area contributed by atoms with Crippen molar-refractivity contribution in [3.63, 3.8) is 0 Å². The topological polar surface area (TPSA) is 58.6 Å². The Morgan fingerprint density at radius 3 is 2.58 bits per heavy atom. The van der Waals surface area contributed by atoms with Gasteiger partial charge >= 0.3 is 0 Å². The van der Waals surface area contributed by atoms with Gasteiger partial charge in [0.05, 0.1) is 6.10 Å². The summed E-state index contributed by atoms with van der Waals surface area (Å²) in [6.07, 6.45) is 5.99. The van der Waals surface area contributed by atoms with Gasteiger partial charge in [-0.15, -0.1) is 0 Å². The summed E-state index contributed by atoms with van der Waals surface area (Å²) in [6, 6.07) is 0.141. The average molecular weight is 336 g/mol. The Morgan fingerprint density at radius 1 is 1.25 bits per heavy atom. The minimum absolute atomic E-state index is 0.0158. The third kappa shape index (κ3) is 3.07. The van der Waals surface area contributed by atoms with Crippen LogP contribution < -0.4 is 5.32 Å². The average Bonchev–Trinajstić information content (AvgIpc) is 3.16. The molecule has 1 saturated heterocycles. The van der Waals surface area contributed by atoms with Crippen LogP contribution in [0.5, 0.6) is 0 Å². The molecule has 4 atom stereocenters. The number of carbonyl (C=O) groups excluding carboxylic acids is 2. The molecule has 1 heterocycles. The summed E-state index contributed by atoms with van der Waals surface area (Å²) in [7, 11) is 1.91. The van der Waals surface area contributed by atoms with E-state index in [4.69, 9.17) is 4.74 Å². The fraction of sp³-hybridized carbons (Fsp3) is 0.895. The van der Waals surface area contributed by atoms with Crippen molar-refractivity contribution in [3.8, 4) is 0 Å². The first-order valence-electron chi connectivity index (χ1n) is 9.50. The van der Waals surface area contributed by atoms with Crippen molar-refractivity contribution in [2.24, 2.45) is 17.3 Å². The van der Waals surface area contributed by atoms with Gasteiger partial charge in [0.25, 0.3) is 0 Å². The van der Waals surface area contributed by atoms with Gasteiger partial charge < -0.3 is 15.0 Å². The first kappa shape index (κ1) is 17.7. The minimum atomic E-state index is -0.105. The number of rotatable bonds is 5. The smallest absolute Gasteiger partial charge is 0.224 e. The van der Waals surface area contributed by atoms with Crippen LogP contribution in [0.4, 0.5) is 0 Å². The van der Waals surface area contributed by atoms with Crippen LogP contribution in [-0.4, -0.2) is 48.6 Å². The number of ether oxygens (including phenoxy) is 1. The highest BCUT2D eigenvalue weighted by molar-refractivity contribution is 5.81. The van der Waals surface area contributed by atoms with Crippen molar-refractivity contribution in [3.05, 3.63) is 0 Å². The Morgan fingerprint density at radius 2 is 1.92 bits per heavy atom. The molecule has 3 fully saturated rings. The molecule has 1 N–H and O–H groups in total. The molecule has 0 aromatic rings. The van der Waals surface area contributed by atoms with Gasteiger partial charge in [-0.05, 0) is 26.2 Å². The van der Waals surface area contributed by atoms with Crippen LogP contribution in [0.1, 0.15) is 59.3 Å². The molecule has 24 heavy (non-hydrogen) atoms. The van der Waals surface area contributed by atoms with Gasteiger partial charge in [-0.1, -0.05) is 26.7 Å². The monoisotopic (exact) mass is 336 g/mol. The molecular formula is C19H32N2O3. The standard InChI is InChI=1S/C19H32N2O3/c1-12(20-18(23)13-7-5-6-8-13)11-15(22)21(4)16-14-9-10-24-17(14)19(16,2)3/h12-14,16-17H,5-11H2,1-4H3,(H,20,23)/t12-,14+,16-,17-/m1/s1. The number of carbonyl (C=O) groups is 2. The molecular weight excluding hydrogens is 304 g/mol. The van der Waals surface area contributed by atoms with Crippen LogP contribution in [0, 0.1) is 17.3 Å². The lowest BCUT2D eigenvalue weighted by molar-refractivity contribution is -0.167. The maximum Gasteiger partial charge on any atom is 0.224 e. The molecule has 0 aromatic carbocycles. The van der Waals surface area contributed by atoms with E-state index in [9.17, 15) is 9.59 Å². The summed E-state index contributed by atoms with van der Waals surface area (Å²) in [4.78, 5) is 26.8. The van der Waals surface area contributed by atoms with Gasteiger partial charge in [0.15, 0.2) is 0 Å². The van der Waals surface area contributed by atoms with Crippen LogP contribution >= 0.6 is 0 Å². The Balaban J connectivity index is 1.51. The van der Waals surface area contributed by atoms with Crippen LogP contribution in [0.15, 0.2) is 0 Å². The van der Waals surface area contributed by atoms with Crippen LogP contribution in [0.2, 0.25) is 0 Å². The van der Waals surface area contributed by atoms with Crippen LogP contribution in [0.25, 0.3) is 0 Å². The van der Waals surface area contributed by atoms with Gasteiger partial charge in [-0.2, -0.15) is 0 Å². The van der Waals surface area contributed by atoms with E-state index < -0.39 is 0 Å². The Bertz CT molecular complexity index is 499. The number of fused-ring (bicyclic) bond motifs is 1. The van der Waals surface area contributed by atoms with E-state index >= 15 is 0 Å². The van der Waals surface area contributed by atoms with Gasteiger partial charge in [0.2, 0.25) is 11.8 Å². The zero-order chi connectivity index (χ0) is 17.5. The number of hydrogen-bond donors (Lipinski definition) is 1. The Hall–Kier alpha value is -1.10. The molecule has 136 valence electrons. The molecule has 0 bridgehead atoms. The SMILES string of the molecule is C[C@H](CC(=O)N(C)[C@@H]1[C@@H]2CCO[C@H]2C1(C)C)NC(=O)C1CCCC1. The lowest BCUT2D eigenvalue weighted by Crippen LogP contribution is -2.67. The summed E-state index contributed by atoms with van der Waals surface area (Å²) < 4.78 is 5.82. The first-order valence-corrected chi connectivity index (χ1v) is 9.50. The summed E-state index contributed by atoms with van der Waals surface area (Å²) in [5, 5.41) is 3.04. The zero-order valence-corrected chi connectivity index (χ0v) is 15.5. The highest BCUT2D eigenvalue weighted by Crippen LogP contribution is 2.54. The van der Waals surface area contributed by atoms with Gasteiger partial charge in [-0.25, -0.2) is 0 Å². The first-order chi connectivity index (χ1) is 11.3. The molecule has 5 nitrogen and oxygen atoms in total. The molecule has 5 heteroatoms. The van der Waals surface area contributed by atoms with E-state index in [-0.39, 0.29) is 41.3 Å². The molecule has 2 aliphatic carbocycles. The lowest BCUT2D eigenvalue weighted by Gasteiger charge is -2.57. The predicted molar refractivity (Wildman–Crippen MR) is 92.4 cm³/mol. The minimum Gasteiger partial charge on any atom is -0.377 e. The van der Waals surface area contributed by atoms with E-state index in [1.54, 1.807) is 0 Å². The maximum absolute atomic E-state index is 12.7. The second kappa shape index (κ2) is 6.66. The highest BCUT2D eigenvalue weighted by Gasteiger charge is 2.61. The molecule has 1 aliphatic heterocycles. The molecule has 0 aromatic heterocycles. The summed E-state index contributed by atoms with van der Waals surface area (Å²) in [6.45, 7) is 7.13. The summed E-state index contributed by atoms with van der Waals surface area (Å²) >= 11 is 0. The maximum atomic E-state index is 12.7. The van der Waals surface area contributed by atoms with E-state index in [1.165, 1.54) is 0 Å². The van der Waals surface area contributed by atoms with Crippen molar-refractivity contribution in [1.82, 2.24) is 10.2 Å². The molecule has 2 saturated carbocycles. The van der Waals surface area contributed by atoms with Gasteiger partial charge in [0.1, 0.15) is 0 Å². The van der Waals surface area contributed by atoms with Crippen molar-refractivity contribution >= 4 is 11.8 Å². The van der Waals surface area contributed by atoms with Crippen molar-refractivity contribution < 1.29 is 14.3 Å². The fourth-order valence-electron chi connectivity index (χ4n) is 5.24. The van der Waals surface area contributed by atoms with E-state index in [0.717, 1.165) is 38.7 Å². The highest BCUT2D eigenvalue weighted by atomic mass is 16.5. The van der Waals surface area contributed by atoms with E-state index in [2.05, 4.69) is 19.2 Å². The largest absolute Gasteiger partial charge is 0.377 e. The number of nitrogens with one attached hydrogen (secondary N) is 1. The molecule has 0 radical (unpaired) electrons. The molecule has 0 unspecified atom stereocenters. The number of amides is 2. The Kier molecular flexibility index (Phi) is 4.92. The molecule has 3 rings (SSSR count). The zero-order valence-electron chi connectivity index (χ0n) is 15.5. The van der Waals surface area contributed by atoms with Crippen LogP contribution in [-0.2, 0) is 14.3 Å². The van der Waals surface area contributed by atoms with Crippen molar-refractivity contribution in [1.29, 1.82) is 0 Å². The quantitative estimate of drug-likeness (QED) is 0.838. The summed E-state index contributed by atoms with van der Waals surface area (Å²) in [5.41, 5.74) is 0.0158. The van der Waals surface area contributed by atoms with Crippen molar-refractivity contribution in [2.75, 3.05) is 13.7 Å². The Labute approximate surface area is 145 Å². The third-order valence-electron chi connectivity index (χ3n) is 6.44. The van der Waals surface area contributed by atoms with Crippen molar-refractivity contribution in [2.45, 2.75) is 77.5 Å². The molecule has 2 amide bonds. The van der Waals surface area contributed by atoms with E-state index in [1.807, 2.05) is 18.9 Å². The van der Waals surface area contributed by atoms with Crippen LogP contribution in [0.3, 0.4) is 0 Å². The summed E-state index contributed by atoms with van der Waals surface area (Å²) in [5.74, 6) is 0.876. The second-order valence-electron chi connectivity index (χ2n) is 8.61. The van der Waals surface area contributed by atoms with Gasteiger partial charge in [0, 0.05) is 49.4 Å². The molecule has 0 spiro atoms. The number of hydrogen-bond acceptors (Lipinski definition) is 3. The third-order valence-corrected chi connectivity index (χ3v) is 6.44.